The lowest BCUT2D eigenvalue weighted by atomic mass is 10.1. The van der Waals surface area contributed by atoms with Crippen LogP contribution in [-0.2, 0) is 0 Å². The highest BCUT2D eigenvalue weighted by Gasteiger charge is 2.23. The molecular weight excluding hydrogens is 262 g/mol. The van der Waals surface area contributed by atoms with Crippen LogP contribution < -0.4 is 5.73 Å². The summed E-state index contributed by atoms with van der Waals surface area (Å²) in [5.74, 6) is 0.109. The number of aromatic nitrogens is 1. The van der Waals surface area contributed by atoms with Crippen molar-refractivity contribution in [2.24, 2.45) is 0 Å². The maximum absolute atomic E-state index is 12.8. The van der Waals surface area contributed by atoms with Crippen LogP contribution in [-0.4, -0.2) is 28.9 Å². The van der Waals surface area contributed by atoms with E-state index in [1.807, 2.05) is 30.1 Å². The van der Waals surface area contributed by atoms with Gasteiger partial charge < -0.3 is 15.6 Å². The number of rotatable bonds is 2. The summed E-state index contributed by atoms with van der Waals surface area (Å²) in [6.07, 6.45) is 9.10. The third-order valence-electron chi connectivity index (χ3n) is 4.63. The van der Waals surface area contributed by atoms with Crippen molar-refractivity contribution in [1.29, 1.82) is 0 Å². The number of nitrogens with one attached hydrogen (secondary N) is 1. The molecule has 0 saturated heterocycles. The fourth-order valence-electron chi connectivity index (χ4n) is 3.32. The SMILES string of the molecule is CN(C(=O)c1c[nH]c2cc(N)ccc12)C1CCCCCC1. The second kappa shape index (κ2) is 5.80. The Bertz CT molecular complexity index is 639. The molecule has 1 fully saturated rings. The number of nitrogens with zero attached hydrogens (tertiary/aromatic N) is 1. The maximum Gasteiger partial charge on any atom is 0.256 e. The molecule has 1 amide bonds. The zero-order chi connectivity index (χ0) is 14.8. The van der Waals surface area contributed by atoms with Gasteiger partial charge in [-0.05, 0) is 31.0 Å². The molecule has 0 unspecified atom stereocenters. The lowest BCUT2D eigenvalue weighted by Crippen LogP contribution is -2.36. The lowest BCUT2D eigenvalue weighted by molar-refractivity contribution is 0.0720. The normalized spacial score (nSPS) is 16.8. The second-order valence-corrected chi connectivity index (χ2v) is 6.07. The molecule has 1 saturated carbocycles. The van der Waals surface area contributed by atoms with Gasteiger partial charge in [0.05, 0.1) is 5.56 Å². The van der Waals surface area contributed by atoms with E-state index in [1.54, 1.807) is 6.20 Å². The van der Waals surface area contributed by atoms with Gasteiger partial charge in [-0.1, -0.05) is 25.7 Å². The summed E-state index contributed by atoms with van der Waals surface area (Å²) in [5, 5.41) is 0.953. The Morgan fingerprint density at radius 2 is 1.95 bits per heavy atom. The molecule has 4 heteroatoms. The predicted molar refractivity (Wildman–Crippen MR) is 86.3 cm³/mol. The molecule has 0 radical (unpaired) electrons. The first-order chi connectivity index (χ1) is 10.2. The number of carbonyl (C=O) groups is 1. The summed E-state index contributed by atoms with van der Waals surface area (Å²) >= 11 is 0. The monoisotopic (exact) mass is 285 g/mol. The lowest BCUT2D eigenvalue weighted by Gasteiger charge is -2.27. The van der Waals surface area contributed by atoms with Crippen LogP contribution in [0.1, 0.15) is 48.9 Å². The Morgan fingerprint density at radius 3 is 2.67 bits per heavy atom. The largest absolute Gasteiger partial charge is 0.399 e. The van der Waals surface area contributed by atoms with Crippen LogP contribution in [0.25, 0.3) is 10.9 Å². The molecule has 0 spiro atoms. The Labute approximate surface area is 125 Å². The van der Waals surface area contributed by atoms with Gasteiger partial charge in [-0.15, -0.1) is 0 Å². The molecule has 1 aromatic heterocycles. The van der Waals surface area contributed by atoms with Crippen molar-refractivity contribution in [2.45, 2.75) is 44.6 Å². The van der Waals surface area contributed by atoms with Crippen LogP contribution in [0.2, 0.25) is 0 Å². The third-order valence-corrected chi connectivity index (χ3v) is 4.63. The van der Waals surface area contributed by atoms with Crippen LogP contribution in [0.15, 0.2) is 24.4 Å². The van der Waals surface area contributed by atoms with Gasteiger partial charge in [0.25, 0.3) is 5.91 Å². The molecular formula is C17H23N3O. The van der Waals surface area contributed by atoms with Crippen molar-refractivity contribution in [3.63, 3.8) is 0 Å². The number of H-pyrrole nitrogens is 1. The van der Waals surface area contributed by atoms with E-state index >= 15 is 0 Å². The summed E-state index contributed by atoms with van der Waals surface area (Å²) in [7, 11) is 1.94. The van der Waals surface area contributed by atoms with Gasteiger partial charge in [-0.25, -0.2) is 0 Å². The highest BCUT2D eigenvalue weighted by Crippen LogP contribution is 2.25. The average molecular weight is 285 g/mol. The highest BCUT2D eigenvalue weighted by molar-refractivity contribution is 6.07. The molecule has 1 aliphatic rings. The van der Waals surface area contributed by atoms with E-state index < -0.39 is 0 Å². The van der Waals surface area contributed by atoms with Crippen LogP contribution in [0.4, 0.5) is 5.69 Å². The Hall–Kier alpha value is -1.97. The van der Waals surface area contributed by atoms with Gasteiger partial charge >= 0.3 is 0 Å². The zero-order valence-electron chi connectivity index (χ0n) is 12.6. The molecule has 0 aliphatic heterocycles. The van der Waals surface area contributed by atoms with Gasteiger partial charge in [-0.3, -0.25) is 4.79 Å². The van der Waals surface area contributed by atoms with Crippen molar-refractivity contribution in [3.8, 4) is 0 Å². The van der Waals surface area contributed by atoms with Crippen LogP contribution >= 0.6 is 0 Å². The first-order valence-electron chi connectivity index (χ1n) is 7.80. The number of hydrogen-bond acceptors (Lipinski definition) is 2. The van der Waals surface area contributed by atoms with Crippen LogP contribution in [0, 0.1) is 0 Å². The number of hydrogen-bond donors (Lipinski definition) is 2. The van der Waals surface area contributed by atoms with Crippen LogP contribution in [0.5, 0.6) is 0 Å². The predicted octanol–water partition coefficient (Wildman–Crippen LogP) is 3.54. The van der Waals surface area contributed by atoms with Gasteiger partial charge in [-0.2, -0.15) is 0 Å². The maximum atomic E-state index is 12.8. The van der Waals surface area contributed by atoms with E-state index in [9.17, 15) is 4.79 Å². The standard InChI is InChI=1S/C17H23N3O/c1-20(13-6-4-2-3-5-7-13)17(21)15-11-19-16-10-12(18)8-9-14(15)16/h8-11,13,19H,2-7,18H2,1H3. The van der Waals surface area contributed by atoms with Crippen molar-refractivity contribution in [2.75, 3.05) is 12.8 Å². The summed E-state index contributed by atoms with van der Waals surface area (Å²) in [6.45, 7) is 0. The van der Waals surface area contributed by atoms with Gasteiger partial charge in [0, 0.05) is 35.9 Å². The number of nitrogen functional groups attached to an aromatic ring is 1. The first kappa shape index (κ1) is 14.0. The quantitative estimate of drug-likeness (QED) is 0.655. The fourth-order valence-corrected chi connectivity index (χ4v) is 3.32. The molecule has 2 aromatic rings. The third kappa shape index (κ3) is 2.75. The van der Waals surface area contributed by atoms with Gasteiger partial charge in [0.1, 0.15) is 0 Å². The number of amides is 1. The van der Waals surface area contributed by atoms with E-state index in [-0.39, 0.29) is 5.91 Å². The van der Waals surface area contributed by atoms with E-state index in [0.29, 0.717) is 11.7 Å². The van der Waals surface area contributed by atoms with Crippen molar-refractivity contribution >= 4 is 22.5 Å². The van der Waals surface area contributed by atoms with E-state index in [4.69, 9.17) is 5.73 Å². The Morgan fingerprint density at radius 1 is 1.24 bits per heavy atom. The minimum atomic E-state index is 0.109. The molecule has 21 heavy (non-hydrogen) atoms. The molecule has 0 bridgehead atoms. The average Bonchev–Trinajstić information content (AvgIpc) is 2.71. The highest BCUT2D eigenvalue weighted by atomic mass is 16.2. The van der Waals surface area contributed by atoms with Gasteiger partial charge in [0.2, 0.25) is 0 Å². The fraction of sp³-hybridized carbons (Fsp3) is 0.471. The summed E-state index contributed by atoms with van der Waals surface area (Å²) in [4.78, 5) is 17.9. The molecule has 112 valence electrons. The molecule has 3 rings (SSSR count). The number of nitrogens with two attached hydrogens (primary N) is 1. The first-order valence-corrected chi connectivity index (χ1v) is 7.80. The molecule has 4 nitrogen and oxygen atoms in total. The summed E-state index contributed by atoms with van der Waals surface area (Å²) in [5.41, 5.74) is 8.17. The van der Waals surface area contributed by atoms with E-state index in [0.717, 1.165) is 29.3 Å². The zero-order valence-corrected chi connectivity index (χ0v) is 12.6. The summed E-state index contributed by atoms with van der Waals surface area (Å²) < 4.78 is 0. The molecule has 3 N–H and O–H groups in total. The molecule has 1 heterocycles. The van der Waals surface area contributed by atoms with Crippen molar-refractivity contribution < 1.29 is 4.79 Å². The number of fused-ring (bicyclic) bond motifs is 1. The number of benzene rings is 1. The topological polar surface area (TPSA) is 62.1 Å². The van der Waals surface area contributed by atoms with Crippen molar-refractivity contribution in [3.05, 3.63) is 30.0 Å². The van der Waals surface area contributed by atoms with Crippen LogP contribution in [0.3, 0.4) is 0 Å². The number of aromatic amines is 1. The minimum absolute atomic E-state index is 0.109. The molecule has 1 aliphatic carbocycles. The van der Waals surface area contributed by atoms with E-state index in [1.165, 1.54) is 25.7 Å². The molecule has 0 atom stereocenters. The minimum Gasteiger partial charge on any atom is -0.399 e. The number of carbonyl (C=O) groups excluding carboxylic acids is 1. The Balaban J connectivity index is 1.85. The van der Waals surface area contributed by atoms with E-state index in [2.05, 4.69) is 4.98 Å². The van der Waals surface area contributed by atoms with Crippen molar-refractivity contribution in [1.82, 2.24) is 9.88 Å². The smallest absolute Gasteiger partial charge is 0.256 e. The second-order valence-electron chi connectivity index (χ2n) is 6.07. The number of anilines is 1. The van der Waals surface area contributed by atoms with Gasteiger partial charge in [0.15, 0.2) is 0 Å². The Kier molecular flexibility index (Phi) is 3.86. The summed E-state index contributed by atoms with van der Waals surface area (Å²) in [6, 6.07) is 6.02. The molecule has 1 aromatic carbocycles.